The number of benzene rings is 3. The molecule has 136 valence electrons. The zero-order valence-electron chi connectivity index (χ0n) is 14.2. The fourth-order valence-electron chi connectivity index (χ4n) is 2.60. The molecular weight excluding hydrogens is 366 g/mol. The summed E-state index contributed by atoms with van der Waals surface area (Å²) in [6.07, 6.45) is 0. The highest BCUT2D eigenvalue weighted by Crippen LogP contribution is 2.24. The van der Waals surface area contributed by atoms with Gasteiger partial charge < -0.3 is 0 Å². The molecule has 0 heterocycles. The zero-order chi connectivity index (χ0) is 19.2. The highest BCUT2D eigenvalue weighted by atomic mass is 35.5. The summed E-state index contributed by atoms with van der Waals surface area (Å²) >= 11 is 5.83. The van der Waals surface area contributed by atoms with Crippen LogP contribution in [0.5, 0.6) is 0 Å². The zero-order valence-corrected chi connectivity index (χ0v) is 15.0. The van der Waals surface area contributed by atoms with E-state index in [-0.39, 0.29) is 16.3 Å². The minimum absolute atomic E-state index is 0.0570. The highest BCUT2D eigenvalue weighted by molar-refractivity contribution is 6.31. The van der Waals surface area contributed by atoms with Crippen LogP contribution in [0.1, 0.15) is 15.9 Å². The molecule has 7 heteroatoms. The van der Waals surface area contributed by atoms with Gasteiger partial charge in [0.05, 0.1) is 17.2 Å². The Bertz CT molecular complexity index is 949. The van der Waals surface area contributed by atoms with Gasteiger partial charge in [-0.1, -0.05) is 60.1 Å². The number of nitro groups is 1. The van der Waals surface area contributed by atoms with Gasteiger partial charge >= 0.3 is 0 Å². The number of anilines is 1. The van der Waals surface area contributed by atoms with E-state index in [1.807, 2.05) is 60.7 Å². The van der Waals surface area contributed by atoms with E-state index in [4.69, 9.17) is 11.6 Å². The first-order valence-corrected chi connectivity index (χ1v) is 8.54. The predicted molar refractivity (Wildman–Crippen MR) is 105 cm³/mol. The molecule has 3 aromatic carbocycles. The molecule has 0 saturated carbocycles. The molecule has 0 atom stereocenters. The molecule has 0 aliphatic heterocycles. The van der Waals surface area contributed by atoms with Crippen molar-refractivity contribution in [2.75, 3.05) is 5.01 Å². The topological polar surface area (TPSA) is 75.5 Å². The molecule has 1 amide bonds. The van der Waals surface area contributed by atoms with Gasteiger partial charge in [0, 0.05) is 11.1 Å². The lowest BCUT2D eigenvalue weighted by Crippen LogP contribution is -2.42. The second-order valence-corrected chi connectivity index (χ2v) is 6.20. The van der Waals surface area contributed by atoms with Crippen LogP contribution in [0.25, 0.3) is 0 Å². The number of hydrazine groups is 1. The van der Waals surface area contributed by atoms with E-state index in [1.54, 1.807) is 5.01 Å². The summed E-state index contributed by atoms with van der Waals surface area (Å²) in [5.74, 6) is -0.585. The average molecular weight is 382 g/mol. The third-order valence-electron chi connectivity index (χ3n) is 3.89. The van der Waals surface area contributed by atoms with Crippen LogP contribution in [0.3, 0.4) is 0 Å². The molecule has 27 heavy (non-hydrogen) atoms. The van der Waals surface area contributed by atoms with Crippen LogP contribution in [0.4, 0.5) is 11.4 Å². The lowest BCUT2D eigenvalue weighted by Gasteiger charge is -2.25. The molecule has 6 nitrogen and oxygen atoms in total. The van der Waals surface area contributed by atoms with Crippen LogP contribution in [0, 0.1) is 10.1 Å². The largest absolute Gasteiger partial charge is 0.283 e. The number of hydrogen-bond donors (Lipinski definition) is 1. The van der Waals surface area contributed by atoms with Gasteiger partial charge in [0.15, 0.2) is 0 Å². The number of nitrogens with one attached hydrogen (secondary N) is 1. The van der Waals surface area contributed by atoms with Gasteiger partial charge in [-0.3, -0.25) is 25.3 Å². The molecule has 0 spiro atoms. The first-order chi connectivity index (χ1) is 13.0. The third-order valence-corrected chi connectivity index (χ3v) is 4.12. The minimum atomic E-state index is -0.620. The van der Waals surface area contributed by atoms with Gasteiger partial charge in [-0.25, -0.2) is 0 Å². The Hall–Kier alpha value is -3.38. The molecule has 1 N–H and O–H groups in total. The highest BCUT2D eigenvalue weighted by Gasteiger charge is 2.22. The summed E-state index contributed by atoms with van der Waals surface area (Å²) in [4.78, 5) is 23.4. The fourth-order valence-corrected chi connectivity index (χ4v) is 2.77. The standard InChI is InChI=1S/C20H16ClN3O3/c21-16-11-12-18(19(13-16)24(26)27)20(25)22-23(17-9-5-2-6-10-17)14-15-7-3-1-4-8-15/h1-13H,14H2,(H,22,25). The van der Waals surface area contributed by atoms with Crippen molar-refractivity contribution in [3.05, 3.63) is 105 Å². The lowest BCUT2D eigenvalue weighted by atomic mass is 10.1. The summed E-state index contributed by atoms with van der Waals surface area (Å²) in [7, 11) is 0. The third kappa shape index (κ3) is 4.62. The number of para-hydroxylation sites is 1. The Balaban J connectivity index is 1.90. The molecule has 0 aliphatic rings. The Labute approximate surface area is 161 Å². The summed E-state index contributed by atoms with van der Waals surface area (Å²) in [5, 5.41) is 13.1. The van der Waals surface area contributed by atoms with Gasteiger partial charge in [0.1, 0.15) is 5.56 Å². The van der Waals surface area contributed by atoms with Crippen molar-refractivity contribution in [2.24, 2.45) is 0 Å². The van der Waals surface area contributed by atoms with Crippen LogP contribution < -0.4 is 10.4 Å². The van der Waals surface area contributed by atoms with Gasteiger partial charge in [-0.2, -0.15) is 0 Å². The SMILES string of the molecule is O=C(NN(Cc1ccccc1)c1ccccc1)c1ccc(Cl)cc1[N+](=O)[O-]. The summed E-state index contributed by atoms with van der Waals surface area (Å²) < 4.78 is 0. The molecule has 0 unspecified atom stereocenters. The molecule has 0 radical (unpaired) electrons. The van der Waals surface area contributed by atoms with E-state index in [9.17, 15) is 14.9 Å². The van der Waals surface area contributed by atoms with Crippen LogP contribution in [0.15, 0.2) is 78.9 Å². The van der Waals surface area contributed by atoms with Crippen LogP contribution in [-0.4, -0.2) is 10.8 Å². The Morgan fingerprint density at radius 2 is 1.63 bits per heavy atom. The number of carbonyl (C=O) groups is 1. The number of rotatable bonds is 6. The fraction of sp³-hybridized carbons (Fsp3) is 0.0500. The van der Waals surface area contributed by atoms with Crippen molar-refractivity contribution in [2.45, 2.75) is 6.54 Å². The molecule has 0 aromatic heterocycles. The van der Waals surface area contributed by atoms with Crippen molar-refractivity contribution in [1.29, 1.82) is 0 Å². The summed E-state index contributed by atoms with van der Waals surface area (Å²) in [5.41, 5.74) is 4.10. The molecule has 3 rings (SSSR count). The first-order valence-electron chi connectivity index (χ1n) is 8.16. The van der Waals surface area contributed by atoms with Gasteiger partial charge in [-0.15, -0.1) is 0 Å². The van der Waals surface area contributed by atoms with Crippen molar-refractivity contribution in [3.63, 3.8) is 0 Å². The van der Waals surface area contributed by atoms with E-state index in [1.165, 1.54) is 18.2 Å². The smallest absolute Gasteiger partial charge is 0.281 e. The van der Waals surface area contributed by atoms with Gasteiger partial charge in [0.2, 0.25) is 0 Å². The molecule has 0 saturated heterocycles. The van der Waals surface area contributed by atoms with Gasteiger partial charge in [0.25, 0.3) is 11.6 Å². The normalized spacial score (nSPS) is 10.3. The molecule has 0 aliphatic carbocycles. The van der Waals surface area contributed by atoms with Gasteiger partial charge in [-0.05, 0) is 29.8 Å². The first kappa shape index (κ1) is 18.4. The maximum Gasteiger partial charge on any atom is 0.283 e. The van der Waals surface area contributed by atoms with Crippen molar-refractivity contribution in [1.82, 2.24) is 5.43 Å². The Morgan fingerprint density at radius 3 is 2.26 bits per heavy atom. The molecule has 0 fully saturated rings. The molecule has 3 aromatic rings. The number of amides is 1. The summed E-state index contributed by atoms with van der Waals surface area (Å²) in [6.45, 7) is 0.401. The average Bonchev–Trinajstić information content (AvgIpc) is 2.68. The van der Waals surface area contributed by atoms with Crippen LogP contribution >= 0.6 is 11.6 Å². The second kappa shape index (κ2) is 8.33. The van der Waals surface area contributed by atoms with Crippen molar-refractivity contribution >= 4 is 28.9 Å². The maximum absolute atomic E-state index is 12.8. The second-order valence-electron chi connectivity index (χ2n) is 5.77. The van der Waals surface area contributed by atoms with Crippen molar-refractivity contribution < 1.29 is 9.72 Å². The minimum Gasteiger partial charge on any atom is -0.281 e. The Kier molecular flexibility index (Phi) is 5.68. The number of carbonyl (C=O) groups excluding carboxylic acids is 1. The van der Waals surface area contributed by atoms with Crippen LogP contribution in [0.2, 0.25) is 5.02 Å². The Morgan fingerprint density at radius 1 is 1.00 bits per heavy atom. The number of nitrogens with zero attached hydrogens (tertiary/aromatic N) is 2. The number of hydrogen-bond acceptors (Lipinski definition) is 4. The lowest BCUT2D eigenvalue weighted by molar-refractivity contribution is -0.385. The quantitative estimate of drug-likeness (QED) is 0.500. The van der Waals surface area contributed by atoms with E-state index < -0.39 is 10.8 Å². The maximum atomic E-state index is 12.8. The summed E-state index contributed by atoms with van der Waals surface area (Å²) in [6, 6.07) is 22.8. The van der Waals surface area contributed by atoms with E-state index >= 15 is 0 Å². The van der Waals surface area contributed by atoms with E-state index in [0.29, 0.717) is 6.54 Å². The van der Waals surface area contributed by atoms with E-state index in [0.717, 1.165) is 11.3 Å². The van der Waals surface area contributed by atoms with E-state index in [2.05, 4.69) is 5.43 Å². The molecule has 0 bridgehead atoms. The van der Waals surface area contributed by atoms with Crippen LogP contribution in [-0.2, 0) is 6.54 Å². The molecular formula is C20H16ClN3O3. The predicted octanol–water partition coefficient (Wildman–Crippen LogP) is 4.60. The van der Waals surface area contributed by atoms with Crippen molar-refractivity contribution in [3.8, 4) is 0 Å². The number of nitro benzene ring substituents is 1. The monoisotopic (exact) mass is 381 g/mol. The number of halogens is 1.